The van der Waals surface area contributed by atoms with Gasteiger partial charge in [-0.15, -0.1) is 0 Å². The van der Waals surface area contributed by atoms with Crippen LogP contribution in [0.15, 0.2) is 9.59 Å². The van der Waals surface area contributed by atoms with Crippen LogP contribution in [0, 0.1) is 0 Å². The highest BCUT2D eigenvalue weighted by Gasteiger charge is 2.11. The molecule has 1 aromatic rings. The number of nitrogens with zero attached hydrogens (tertiary/aromatic N) is 1. The maximum absolute atomic E-state index is 11.5. The fourth-order valence-corrected chi connectivity index (χ4v) is 1.33. The van der Waals surface area contributed by atoms with Crippen molar-refractivity contribution >= 4 is 17.4 Å². The summed E-state index contributed by atoms with van der Waals surface area (Å²) in [4.78, 5) is 36.0. The van der Waals surface area contributed by atoms with Crippen LogP contribution < -0.4 is 27.6 Å². The van der Waals surface area contributed by atoms with E-state index in [9.17, 15) is 14.4 Å². The van der Waals surface area contributed by atoms with E-state index < -0.39 is 11.2 Å². The van der Waals surface area contributed by atoms with Gasteiger partial charge in [0.05, 0.1) is 6.54 Å². The number of anilines is 2. The summed E-state index contributed by atoms with van der Waals surface area (Å²) in [7, 11) is 1.48. The van der Waals surface area contributed by atoms with Crippen LogP contribution in [0.5, 0.6) is 0 Å². The summed E-state index contributed by atoms with van der Waals surface area (Å²) in [6, 6.07) is 0. The van der Waals surface area contributed by atoms with E-state index in [1.54, 1.807) is 6.92 Å². The number of nitrogens with one attached hydrogen (secondary N) is 3. The minimum atomic E-state index is -0.638. The monoisotopic (exact) mass is 241 g/mol. The molecule has 5 N–H and O–H groups in total. The number of aromatic amines is 1. The largest absolute Gasteiger partial charge is 0.383 e. The average Bonchev–Trinajstić information content (AvgIpc) is 2.28. The van der Waals surface area contributed by atoms with E-state index in [1.807, 2.05) is 0 Å². The lowest BCUT2D eigenvalue weighted by Gasteiger charge is -2.11. The topological polar surface area (TPSA) is 122 Å². The number of nitrogen functional groups attached to an aromatic ring is 1. The van der Waals surface area contributed by atoms with Gasteiger partial charge in [-0.2, -0.15) is 0 Å². The molecule has 0 radical (unpaired) electrons. The number of likely N-dealkylation sites (N-methyl/N-ethyl adjacent to an activating group) is 1. The Labute approximate surface area is 96.8 Å². The SMILES string of the molecule is CCn1c(N)c(NCC(=O)NC)c(=O)[nH]c1=O. The number of hydrogen-bond acceptors (Lipinski definition) is 5. The zero-order valence-corrected chi connectivity index (χ0v) is 9.66. The second-order valence-electron chi connectivity index (χ2n) is 3.29. The molecule has 0 saturated carbocycles. The summed E-state index contributed by atoms with van der Waals surface area (Å²) < 4.78 is 1.20. The normalized spacial score (nSPS) is 10.0. The predicted molar refractivity (Wildman–Crippen MR) is 64.0 cm³/mol. The minimum absolute atomic E-state index is 0.0187. The third-order valence-electron chi connectivity index (χ3n) is 2.26. The first-order chi connectivity index (χ1) is 8.01. The lowest BCUT2D eigenvalue weighted by molar-refractivity contribution is -0.118. The Morgan fingerprint density at radius 2 is 2.12 bits per heavy atom. The molecule has 1 amide bonds. The minimum Gasteiger partial charge on any atom is -0.383 e. The number of nitrogens with two attached hydrogens (primary N) is 1. The molecule has 0 aromatic carbocycles. The Balaban J connectivity index is 3.12. The van der Waals surface area contributed by atoms with E-state index in [1.165, 1.54) is 11.6 Å². The summed E-state index contributed by atoms with van der Waals surface area (Å²) in [5.74, 6) is -0.275. The number of H-pyrrole nitrogens is 1. The maximum atomic E-state index is 11.5. The summed E-state index contributed by atoms with van der Waals surface area (Å²) >= 11 is 0. The van der Waals surface area contributed by atoms with E-state index in [0.29, 0.717) is 6.54 Å². The molecule has 0 saturated heterocycles. The molecule has 8 heteroatoms. The van der Waals surface area contributed by atoms with Crippen LogP contribution in [-0.2, 0) is 11.3 Å². The fourth-order valence-electron chi connectivity index (χ4n) is 1.33. The zero-order chi connectivity index (χ0) is 13.0. The highest BCUT2D eigenvalue weighted by Crippen LogP contribution is 2.08. The van der Waals surface area contributed by atoms with E-state index in [2.05, 4.69) is 15.6 Å². The van der Waals surface area contributed by atoms with Gasteiger partial charge in [0.25, 0.3) is 5.56 Å². The molecule has 0 fully saturated rings. The Kier molecular flexibility index (Phi) is 3.91. The first-order valence-corrected chi connectivity index (χ1v) is 5.08. The smallest absolute Gasteiger partial charge is 0.330 e. The van der Waals surface area contributed by atoms with Crippen LogP contribution in [0.1, 0.15) is 6.92 Å². The van der Waals surface area contributed by atoms with E-state index in [-0.39, 0.29) is 24.0 Å². The van der Waals surface area contributed by atoms with Crippen LogP contribution in [-0.4, -0.2) is 29.1 Å². The first kappa shape index (κ1) is 12.8. The molecule has 17 heavy (non-hydrogen) atoms. The molecule has 1 rings (SSSR count). The fraction of sp³-hybridized carbons (Fsp3) is 0.444. The van der Waals surface area contributed by atoms with E-state index >= 15 is 0 Å². The van der Waals surface area contributed by atoms with Gasteiger partial charge >= 0.3 is 5.69 Å². The number of amides is 1. The Bertz CT molecular complexity index is 530. The molecule has 0 atom stereocenters. The average molecular weight is 241 g/mol. The van der Waals surface area contributed by atoms with Gasteiger partial charge in [-0.05, 0) is 6.92 Å². The predicted octanol–water partition coefficient (Wildman–Crippen LogP) is -1.70. The number of hydrogen-bond donors (Lipinski definition) is 4. The molecule has 1 heterocycles. The van der Waals surface area contributed by atoms with Crippen LogP contribution in [0.4, 0.5) is 11.5 Å². The molecule has 0 aliphatic carbocycles. The summed E-state index contributed by atoms with van der Waals surface area (Å²) in [6.07, 6.45) is 0. The van der Waals surface area contributed by atoms with Gasteiger partial charge in [0, 0.05) is 13.6 Å². The molecule has 0 spiro atoms. The molecule has 0 bridgehead atoms. The van der Waals surface area contributed by atoms with Crippen molar-refractivity contribution in [2.24, 2.45) is 0 Å². The van der Waals surface area contributed by atoms with Crippen molar-refractivity contribution in [3.05, 3.63) is 20.8 Å². The summed E-state index contributed by atoms with van der Waals surface area (Å²) in [5, 5.41) is 4.98. The van der Waals surface area contributed by atoms with Crippen molar-refractivity contribution in [2.75, 3.05) is 24.6 Å². The van der Waals surface area contributed by atoms with Crippen molar-refractivity contribution in [2.45, 2.75) is 13.5 Å². The quantitative estimate of drug-likeness (QED) is 0.500. The Morgan fingerprint density at radius 3 is 2.65 bits per heavy atom. The van der Waals surface area contributed by atoms with Crippen molar-refractivity contribution in [3.8, 4) is 0 Å². The van der Waals surface area contributed by atoms with Crippen molar-refractivity contribution in [1.29, 1.82) is 0 Å². The lowest BCUT2D eigenvalue weighted by atomic mass is 10.4. The number of aromatic nitrogens is 2. The summed E-state index contributed by atoms with van der Waals surface area (Å²) in [5.41, 5.74) is 4.49. The third-order valence-corrected chi connectivity index (χ3v) is 2.26. The van der Waals surface area contributed by atoms with Crippen LogP contribution in [0.3, 0.4) is 0 Å². The molecular weight excluding hydrogens is 226 g/mol. The lowest BCUT2D eigenvalue weighted by Crippen LogP contribution is -2.35. The van der Waals surface area contributed by atoms with Crippen molar-refractivity contribution in [3.63, 3.8) is 0 Å². The highest BCUT2D eigenvalue weighted by atomic mass is 16.2. The maximum Gasteiger partial charge on any atom is 0.330 e. The van der Waals surface area contributed by atoms with Gasteiger partial charge in [-0.25, -0.2) is 4.79 Å². The molecule has 0 aliphatic rings. The van der Waals surface area contributed by atoms with Gasteiger partial charge < -0.3 is 16.4 Å². The molecular formula is C9H15N5O3. The summed E-state index contributed by atoms with van der Waals surface area (Å²) in [6.45, 7) is 1.96. The number of carbonyl (C=O) groups is 1. The van der Waals surface area contributed by atoms with Gasteiger partial charge in [-0.1, -0.05) is 0 Å². The molecule has 94 valence electrons. The highest BCUT2D eigenvalue weighted by molar-refractivity contribution is 5.81. The van der Waals surface area contributed by atoms with Crippen LogP contribution in [0.25, 0.3) is 0 Å². The second-order valence-corrected chi connectivity index (χ2v) is 3.29. The number of carbonyl (C=O) groups excluding carboxylic acids is 1. The van der Waals surface area contributed by atoms with Crippen molar-refractivity contribution in [1.82, 2.24) is 14.9 Å². The first-order valence-electron chi connectivity index (χ1n) is 5.08. The zero-order valence-electron chi connectivity index (χ0n) is 9.66. The molecule has 8 nitrogen and oxygen atoms in total. The Morgan fingerprint density at radius 1 is 1.47 bits per heavy atom. The standard InChI is InChI=1S/C9H15N5O3/c1-3-14-7(10)6(8(16)13-9(14)17)12-4-5(15)11-2/h12H,3-4,10H2,1-2H3,(H,11,15)(H,13,16,17). The molecule has 0 unspecified atom stereocenters. The van der Waals surface area contributed by atoms with Crippen LogP contribution >= 0.6 is 0 Å². The Hall–Kier alpha value is -2.25. The number of rotatable bonds is 4. The van der Waals surface area contributed by atoms with Gasteiger partial charge in [-0.3, -0.25) is 19.1 Å². The molecule has 1 aromatic heterocycles. The second kappa shape index (κ2) is 5.19. The molecule has 0 aliphatic heterocycles. The van der Waals surface area contributed by atoms with Crippen LogP contribution in [0.2, 0.25) is 0 Å². The van der Waals surface area contributed by atoms with E-state index in [0.717, 1.165) is 0 Å². The van der Waals surface area contributed by atoms with Gasteiger partial charge in [0.1, 0.15) is 11.5 Å². The third kappa shape index (κ3) is 2.65. The van der Waals surface area contributed by atoms with Gasteiger partial charge in [0.15, 0.2) is 0 Å². The van der Waals surface area contributed by atoms with E-state index in [4.69, 9.17) is 5.73 Å². The van der Waals surface area contributed by atoms with Crippen molar-refractivity contribution < 1.29 is 4.79 Å². The van der Waals surface area contributed by atoms with Gasteiger partial charge in [0.2, 0.25) is 5.91 Å².